The molecule has 1 aromatic carbocycles. The maximum absolute atomic E-state index is 13.1. The average Bonchev–Trinajstić information content (AvgIpc) is 3.51. The van der Waals surface area contributed by atoms with Crippen LogP contribution in [0.25, 0.3) is 11.3 Å². The van der Waals surface area contributed by atoms with Crippen LogP contribution in [0.2, 0.25) is 0 Å². The molecule has 2 saturated heterocycles. The van der Waals surface area contributed by atoms with E-state index in [0.29, 0.717) is 44.0 Å². The zero-order valence-electron chi connectivity index (χ0n) is 18.7. The normalized spacial score (nSPS) is 23.2. The standard InChI is InChI=1S/C24H30N2O6/c1-3-30-23(28)24(11-5-12-26(16-24)22(27)21-6-4-13-31-21)15-19-14-20(25-32-19)17-7-9-18(29-2)10-8-17/h7-10,14,21H,3-6,11-13,15-16H2,1-2H3/t21-,24+/m0/s1. The molecule has 0 saturated carbocycles. The molecule has 2 fully saturated rings. The fraction of sp³-hybridized carbons (Fsp3) is 0.542. The Labute approximate surface area is 187 Å². The molecule has 0 aliphatic carbocycles. The van der Waals surface area contributed by atoms with Gasteiger partial charge in [-0.2, -0.15) is 0 Å². The predicted octanol–water partition coefficient (Wildman–Crippen LogP) is 3.24. The van der Waals surface area contributed by atoms with Crippen molar-refractivity contribution >= 4 is 11.9 Å². The van der Waals surface area contributed by atoms with Crippen molar-refractivity contribution in [3.05, 3.63) is 36.1 Å². The lowest BCUT2D eigenvalue weighted by Crippen LogP contribution is -2.53. The van der Waals surface area contributed by atoms with Gasteiger partial charge in [-0.15, -0.1) is 0 Å². The lowest BCUT2D eigenvalue weighted by Gasteiger charge is -2.41. The van der Waals surface area contributed by atoms with Crippen LogP contribution in [0.4, 0.5) is 0 Å². The van der Waals surface area contributed by atoms with Crippen LogP contribution in [0, 0.1) is 5.41 Å². The van der Waals surface area contributed by atoms with Crippen LogP contribution >= 0.6 is 0 Å². The van der Waals surface area contributed by atoms with E-state index in [1.807, 2.05) is 30.3 Å². The predicted molar refractivity (Wildman–Crippen MR) is 116 cm³/mol. The number of carbonyl (C=O) groups excluding carboxylic acids is 2. The van der Waals surface area contributed by atoms with Gasteiger partial charge in [-0.05, 0) is 56.9 Å². The summed E-state index contributed by atoms with van der Waals surface area (Å²) in [5, 5.41) is 4.19. The van der Waals surface area contributed by atoms with Gasteiger partial charge < -0.3 is 23.6 Å². The van der Waals surface area contributed by atoms with Crippen molar-refractivity contribution < 1.29 is 28.3 Å². The zero-order chi connectivity index (χ0) is 22.6. The Morgan fingerprint density at radius 3 is 2.75 bits per heavy atom. The first kappa shape index (κ1) is 22.3. The second-order valence-electron chi connectivity index (χ2n) is 8.45. The molecule has 1 aromatic heterocycles. The van der Waals surface area contributed by atoms with E-state index in [0.717, 1.165) is 30.6 Å². The third kappa shape index (κ3) is 4.65. The summed E-state index contributed by atoms with van der Waals surface area (Å²) in [5.41, 5.74) is 0.716. The number of carbonyl (C=O) groups is 2. The molecule has 3 heterocycles. The van der Waals surface area contributed by atoms with Gasteiger partial charge in [0.25, 0.3) is 5.91 Å². The third-order valence-electron chi connectivity index (χ3n) is 6.26. The number of esters is 1. The lowest BCUT2D eigenvalue weighted by molar-refractivity contribution is -0.162. The lowest BCUT2D eigenvalue weighted by atomic mass is 9.76. The third-order valence-corrected chi connectivity index (χ3v) is 6.26. The van der Waals surface area contributed by atoms with Gasteiger partial charge in [0.2, 0.25) is 0 Å². The summed E-state index contributed by atoms with van der Waals surface area (Å²) in [6.45, 7) is 3.60. The van der Waals surface area contributed by atoms with Crippen LogP contribution in [-0.2, 0) is 25.5 Å². The number of likely N-dealkylation sites (tertiary alicyclic amines) is 1. The molecule has 0 radical (unpaired) electrons. The first-order valence-corrected chi connectivity index (χ1v) is 11.2. The molecule has 0 spiro atoms. The van der Waals surface area contributed by atoms with E-state index in [-0.39, 0.29) is 18.5 Å². The first-order chi connectivity index (χ1) is 15.5. The number of amides is 1. The van der Waals surface area contributed by atoms with Crippen LogP contribution in [0.1, 0.15) is 38.4 Å². The summed E-state index contributed by atoms with van der Waals surface area (Å²) >= 11 is 0. The molecule has 4 rings (SSSR count). The van der Waals surface area contributed by atoms with E-state index < -0.39 is 11.5 Å². The molecular weight excluding hydrogens is 412 g/mol. The summed E-state index contributed by atoms with van der Waals surface area (Å²) in [4.78, 5) is 27.8. The van der Waals surface area contributed by atoms with Gasteiger partial charge in [-0.1, -0.05) is 5.16 Å². The van der Waals surface area contributed by atoms with Gasteiger partial charge in [-0.3, -0.25) is 9.59 Å². The highest BCUT2D eigenvalue weighted by molar-refractivity contribution is 5.83. The largest absolute Gasteiger partial charge is 0.497 e. The summed E-state index contributed by atoms with van der Waals surface area (Å²) in [5.74, 6) is 1.02. The number of rotatable bonds is 7. The molecule has 172 valence electrons. The van der Waals surface area contributed by atoms with Gasteiger partial charge in [0, 0.05) is 37.7 Å². The fourth-order valence-electron chi connectivity index (χ4n) is 4.59. The zero-order valence-corrected chi connectivity index (χ0v) is 18.7. The van der Waals surface area contributed by atoms with Crippen molar-refractivity contribution in [1.82, 2.24) is 10.1 Å². The van der Waals surface area contributed by atoms with Gasteiger partial charge in [0.15, 0.2) is 0 Å². The van der Waals surface area contributed by atoms with Gasteiger partial charge in [0.1, 0.15) is 23.3 Å². The van der Waals surface area contributed by atoms with E-state index in [9.17, 15) is 9.59 Å². The highest BCUT2D eigenvalue weighted by atomic mass is 16.5. The highest BCUT2D eigenvalue weighted by Gasteiger charge is 2.46. The number of ether oxygens (including phenoxy) is 3. The Morgan fingerprint density at radius 2 is 2.06 bits per heavy atom. The van der Waals surface area contributed by atoms with E-state index in [2.05, 4.69) is 5.16 Å². The number of hydrogen-bond acceptors (Lipinski definition) is 7. The van der Waals surface area contributed by atoms with Crippen molar-refractivity contribution in [2.75, 3.05) is 33.4 Å². The molecule has 2 aromatic rings. The van der Waals surface area contributed by atoms with Gasteiger partial charge in [-0.25, -0.2) is 0 Å². The summed E-state index contributed by atoms with van der Waals surface area (Å²) < 4.78 is 21.8. The maximum atomic E-state index is 13.1. The Morgan fingerprint density at radius 1 is 1.25 bits per heavy atom. The van der Waals surface area contributed by atoms with Crippen molar-refractivity contribution in [2.45, 2.75) is 45.1 Å². The van der Waals surface area contributed by atoms with Gasteiger partial charge in [0.05, 0.1) is 19.1 Å². The SMILES string of the molecule is CCOC(=O)[C@@]1(Cc2cc(-c3ccc(OC)cc3)no2)CCCN(C(=O)[C@@H]2CCCO2)C1. The van der Waals surface area contributed by atoms with Crippen molar-refractivity contribution in [3.63, 3.8) is 0 Å². The highest BCUT2D eigenvalue weighted by Crippen LogP contribution is 2.37. The monoisotopic (exact) mass is 442 g/mol. The molecule has 1 amide bonds. The minimum atomic E-state index is -0.862. The molecule has 8 heteroatoms. The Kier molecular flexibility index (Phi) is 6.79. The Bertz CT molecular complexity index is 934. The number of benzene rings is 1. The quantitative estimate of drug-likeness (QED) is 0.608. The van der Waals surface area contributed by atoms with E-state index >= 15 is 0 Å². The van der Waals surface area contributed by atoms with Crippen LogP contribution in [0.3, 0.4) is 0 Å². The topological polar surface area (TPSA) is 91.1 Å². The second kappa shape index (κ2) is 9.73. The summed E-state index contributed by atoms with van der Waals surface area (Å²) in [7, 11) is 1.62. The average molecular weight is 443 g/mol. The number of aromatic nitrogens is 1. The first-order valence-electron chi connectivity index (χ1n) is 11.2. The molecular formula is C24H30N2O6. The van der Waals surface area contributed by atoms with E-state index in [4.69, 9.17) is 18.7 Å². The van der Waals surface area contributed by atoms with Crippen molar-refractivity contribution in [1.29, 1.82) is 0 Å². The molecule has 32 heavy (non-hydrogen) atoms. The number of nitrogens with zero attached hydrogens (tertiary/aromatic N) is 2. The van der Waals surface area contributed by atoms with E-state index in [1.165, 1.54) is 0 Å². The molecule has 0 unspecified atom stereocenters. The van der Waals surface area contributed by atoms with Gasteiger partial charge >= 0.3 is 5.97 Å². The molecule has 2 aliphatic heterocycles. The second-order valence-corrected chi connectivity index (χ2v) is 8.45. The minimum absolute atomic E-state index is 0.0348. The van der Waals surface area contributed by atoms with Crippen LogP contribution in [-0.4, -0.2) is 61.5 Å². The summed E-state index contributed by atoms with van der Waals surface area (Å²) in [6, 6.07) is 9.39. The number of methoxy groups -OCH3 is 1. The van der Waals surface area contributed by atoms with Crippen LogP contribution in [0.5, 0.6) is 5.75 Å². The molecule has 0 bridgehead atoms. The molecule has 2 atom stereocenters. The molecule has 0 N–H and O–H groups in total. The minimum Gasteiger partial charge on any atom is -0.497 e. The fourth-order valence-corrected chi connectivity index (χ4v) is 4.59. The van der Waals surface area contributed by atoms with Crippen LogP contribution < -0.4 is 4.74 Å². The number of hydrogen-bond donors (Lipinski definition) is 0. The van der Waals surface area contributed by atoms with Crippen molar-refractivity contribution in [2.24, 2.45) is 5.41 Å². The summed E-state index contributed by atoms with van der Waals surface area (Å²) in [6.07, 6.45) is 2.88. The van der Waals surface area contributed by atoms with Crippen molar-refractivity contribution in [3.8, 4) is 17.0 Å². The Balaban J connectivity index is 1.54. The molecule has 2 aliphatic rings. The van der Waals surface area contributed by atoms with Crippen LogP contribution in [0.15, 0.2) is 34.9 Å². The molecule has 8 nitrogen and oxygen atoms in total. The number of piperidine rings is 1. The Hall–Kier alpha value is -2.87. The van der Waals surface area contributed by atoms with E-state index in [1.54, 1.807) is 18.9 Å². The smallest absolute Gasteiger partial charge is 0.314 e. The maximum Gasteiger partial charge on any atom is 0.314 e.